The fourth-order valence-electron chi connectivity index (χ4n) is 2.31. The van der Waals surface area contributed by atoms with E-state index in [9.17, 15) is 4.39 Å². The summed E-state index contributed by atoms with van der Waals surface area (Å²) in [6.45, 7) is 1.89. The summed E-state index contributed by atoms with van der Waals surface area (Å²) in [6, 6.07) is 12.1. The molecule has 2 rings (SSSR count). The van der Waals surface area contributed by atoms with Gasteiger partial charge in [-0.1, -0.05) is 18.2 Å². The van der Waals surface area contributed by atoms with Crippen molar-refractivity contribution in [2.24, 2.45) is 5.73 Å². The summed E-state index contributed by atoms with van der Waals surface area (Å²) >= 11 is 0. The number of nitrogens with two attached hydrogens (primary N) is 1. The molecule has 0 aliphatic carbocycles. The van der Waals surface area contributed by atoms with Gasteiger partial charge in [-0.3, -0.25) is 0 Å². The molecule has 2 N–H and O–H groups in total. The van der Waals surface area contributed by atoms with E-state index in [0.717, 1.165) is 11.3 Å². The van der Waals surface area contributed by atoms with E-state index in [-0.39, 0.29) is 11.9 Å². The van der Waals surface area contributed by atoms with Gasteiger partial charge in [0.15, 0.2) is 0 Å². The van der Waals surface area contributed by atoms with Crippen molar-refractivity contribution >= 4 is 11.4 Å². The lowest BCUT2D eigenvalue weighted by Gasteiger charge is -2.25. The van der Waals surface area contributed by atoms with E-state index >= 15 is 0 Å². The van der Waals surface area contributed by atoms with Crippen LogP contribution in [0.15, 0.2) is 42.5 Å². The molecule has 4 heteroatoms. The molecule has 0 aromatic heterocycles. The Labute approximate surface area is 118 Å². The molecule has 0 saturated carbocycles. The molecule has 0 heterocycles. The second-order valence-corrected chi connectivity index (χ2v) is 4.69. The fourth-order valence-corrected chi connectivity index (χ4v) is 2.31. The number of hydrogen-bond acceptors (Lipinski definition) is 3. The maximum atomic E-state index is 13.9. The van der Waals surface area contributed by atoms with Gasteiger partial charge in [0.25, 0.3) is 0 Å². The number of rotatable bonds is 4. The molecule has 20 heavy (non-hydrogen) atoms. The molecule has 0 bridgehead atoms. The van der Waals surface area contributed by atoms with Crippen LogP contribution in [0.1, 0.15) is 18.5 Å². The molecular weight excluding hydrogens is 255 g/mol. The first-order chi connectivity index (χ1) is 9.56. The minimum absolute atomic E-state index is 0.213. The van der Waals surface area contributed by atoms with Crippen LogP contribution in [0, 0.1) is 5.82 Å². The topological polar surface area (TPSA) is 38.5 Å². The zero-order chi connectivity index (χ0) is 14.7. The number of anilines is 2. The number of halogens is 1. The van der Waals surface area contributed by atoms with Gasteiger partial charge in [-0.25, -0.2) is 4.39 Å². The first kappa shape index (κ1) is 14.3. The molecule has 0 saturated heterocycles. The number of nitrogens with zero attached hydrogens (tertiary/aromatic N) is 1. The summed E-state index contributed by atoms with van der Waals surface area (Å²) in [7, 11) is 3.42. The van der Waals surface area contributed by atoms with E-state index in [2.05, 4.69) is 0 Å². The van der Waals surface area contributed by atoms with Crippen molar-refractivity contribution in [1.82, 2.24) is 0 Å². The van der Waals surface area contributed by atoms with E-state index in [1.807, 2.05) is 32.2 Å². The van der Waals surface area contributed by atoms with Crippen molar-refractivity contribution in [3.8, 4) is 5.75 Å². The van der Waals surface area contributed by atoms with Gasteiger partial charge in [0.05, 0.1) is 12.8 Å². The largest absolute Gasteiger partial charge is 0.496 e. The first-order valence-electron chi connectivity index (χ1n) is 6.47. The smallest absolute Gasteiger partial charge is 0.146 e. The molecule has 106 valence electrons. The lowest BCUT2D eigenvalue weighted by molar-refractivity contribution is 0.407. The number of hydrogen-bond donors (Lipinski definition) is 1. The summed E-state index contributed by atoms with van der Waals surface area (Å²) in [5.74, 6) is 0.439. The van der Waals surface area contributed by atoms with Gasteiger partial charge < -0.3 is 15.4 Å². The van der Waals surface area contributed by atoms with Crippen LogP contribution in [0.25, 0.3) is 0 Å². The number of methoxy groups -OCH3 is 1. The standard InChI is InChI=1S/C16H19FN2O/c1-11(18)16-14(9-6-10-15(16)20-3)19(2)13-8-5-4-7-12(13)17/h4-11H,18H2,1-3H3/t11-/m1/s1. The number of benzene rings is 2. The van der Waals surface area contributed by atoms with Gasteiger partial charge in [0, 0.05) is 24.3 Å². The lowest BCUT2D eigenvalue weighted by atomic mass is 10.0. The average Bonchev–Trinajstić information content (AvgIpc) is 2.46. The lowest BCUT2D eigenvalue weighted by Crippen LogP contribution is -2.17. The fraction of sp³-hybridized carbons (Fsp3) is 0.250. The van der Waals surface area contributed by atoms with Crippen molar-refractivity contribution in [2.75, 3.05) is 19.1 Å². The zero-order valence-corrected chi connectivity index (χ0v) is 11.9. The second-order valence-electron chi connectivity index (χ2n) is 4.69. The normalized spacial score (nSPS) is 12.1. The molecule has 3 nitrogen and oxygen atoms in total. The molecule has 0 spiro atoms. The van der Waals surface area contributed by atoms with Gasteiger partial charge >= 0.3 is 0 Å². The molecule has 2 aromatic carbocycles. The number of para-hydroxylation sites is 1. The third-order valence-corrected chi connectivity index (χ3v) is 3.29. The van der Waals surface area contributed by atoms with Crippen LogP contribution >= 0.6 is 0 Å². The Kier molecular flexibility index (Phi) is 4.25. The predicted octanol–water partition coefficient (Wildman–Crippen LogP) is 3.62. The molecule has 0 unspecified atom stereocenters. The van der Waals surface area contributed by atoms with Crippen molar-refractivity contribution < 1.29 is 9.13 Å². The van der Waals surface area contributed by atoms with Crippen LogP contribution in [-0.2, 0) is 0 Å². The van der Waals surface area contributed by atoms with Gasteiger partial charge in [-0.05, 0) is 31.2 Å². The van der Waals surface area contributed by atoms with Crippen LogP contribution in [0.3, 0.4) is 0 Å². The van der Waals surface area contributed by atoms with Crippen LogP contribution in [0.4, 0.5) is 15.8 Å². The summed E-state index contributed by atoms with van der Waals surface area (Å²) in [6.07, 6.45) is 0. The predicted molar refractivity (Wildman–Crippen MR) is 80.1 cm³/mol. The Morgan fingerprint density at radius 3 is 2.35 bits per heavy atom. The Bertz CT molecular complexity index is 599. The maximum Gasteiger partial charge on any atom is 0.146 e. The third kappa shape index (κ3) is 2.60. The van der Waals surface area contributed by atoms with E-state index in [1.165, 1.54) is 6.07 Å². The van der Waals surface area contributed by atoms with E-state index in [0.29, 0.717) is 11.4 Å². The molecule has 0 radical (unpaired) electrons. The molecule has 0 amide bonds. The minimum Gasteiger partial charge on any atom is -0.496 e. The van der Waals surface area contributed by atoms with Crippen molar-refractivity contribution in [2.45, 2.75) is 13.0 Å². The second kappa shape index (κ2) is 5.92. The maximum absolute atomic E-state index is 13.9. The van der Waals surface area contributed by atoms with Gasteiger partial charge in [-0.15, -0.1) is 0 Å². The Morgan fingerprint density at radius 2 is 1.75 bits per heavy atom. The van der Waals surface area contributed by atoms with Crippen LogP contribution < -0.4 is 15.4 Å². The average molecular weight is 274 g/mol. The first-order valence-corrected chi connectivity index (χ1v) is 6.47. The highest BCUT2D eigenvalue weighted by Crippen LogP contribution is 2.36. The van der Waals surface area contributed by atoms with E-state index in [1.54, 1.807) is 30.2 Å². The Morgan fingerprint density at radius 1 is 1.10 bits per heavy atom. The SMILES string of the molecule is COc1cccc(N(C)c2ccccc2F)c1[C@@H](C)N. The van der Waals surface area contributed by atoms with Crippen LogP contribution in [0.5, 0.6) is 5.75 Å². The highest BCUT2D eigenvalue weighted by Gasteiger charge is 2.18. The van der Waals surface area contributed by atoms with Gasteiger partial charge in [-0.2, -0.15) is 0 Å². The third-order valence-electron chi connectivity index (χ3n) is 3.29. The highest BCUT2D eigenvalue weighted by molar-refractivity contribution is 5.69. The highest BCUT2D eigenvalue weighted by atomic mass is 19.1. The van der Waals surface area contributed by atoms with Crippen molar-refractivity contribution in [3.05, 3.63) is 53.8 Å². The van der Waals surface area contributed by atoms with Crippen molar-refractivity contribution in [1.29, 1.82) is 0 Å². The molecular formula is C16H19FN2O. The zero-order valence-electron chi connectivity index (χ0n) is 11.9. The Balaban J connectivity index is 2.55. The van der Waals surface area contributed by atoms with Crippen molar-refractivity contribution in [3.63, 3.8) is 0 Å². The summed E-state index contributed by atoms with van der Waals surface area (Å²) in [5, 5.41) is 0. The quantitative estimate of drug-likeness (QED) is 0.925. The van der Waals surface area contributed by atoms with Crippen LogP contribution in [0.2, 0.25) is 0 Å². The molecule has 2 aromatic rings. The summed E-state index contributed by atoms with van der Waals surface area (Å²) in [4.78, 5) is 1.79. The van der Waals surface area contributed by atoms with Gasteiger partial charge in [0.2, 0.25) is 0 Å². The van der Waals surface area contributed by atoms with Crippen LogP contribution in [-0.4, -0.2) is 14.2 Å². The number of ether oxygens (including phenoxy) is 1. The minimum atomic E-state index is -0.270. The molecule has 0 fully saturated rings. The summed E-state index contributed by atoms with van der Waals surface area (Å²) in [5.41, 5.74) is 8.25. The molecule has 1 atom stereocenters. The van der Waals surface area contributed by atoms with E-state index in [4.69, 9.17) is 10.5 Å². The molecule has 0 aliphatic rings. The Hall–Kier alpha value is -2.07. The summed E-state index contributed by atoms with van der Waals surface area (Å²) < 4.78 is 19.3. The molecule has 0 aliphatic heterocycles. The van der Waals surface area contributed by atoms with Gasteiger partial charge in [0.1, 0.15) is 11.6 Å². The van der Waals surface area contributed by atoms with E-state index < -0.39 is 0 Å². The monoisotopic (exact) mass is 274 g/mol.